The van der Waals surface area contributed by atoms with Crippen LogP contribution in [-0.2, 0) is 22.5 Å². The van der Waals surface area contributed by atoms with Crippen LogP contribution in [0.5, 0.6) is 0 Å². The highest BCUT2D eigenvalue weighted by Gasteiger charge is 2.20. The molecule has 2 aromatic carbocycles. The first-order chi connectivity index (χ1) is 17.1. The number of fused-ring (bicyclic) bond motifs is 1. The molecule has 0 saturated carbocycles. The lowest BCUT2D eigenvalue weighted by Gasteiger charge is -2.32. The van der Waals surface area contributed by atoms with Gasteiger partial charge < -0.3 is 14.6 Å². The van der Waals surface area contributed by atoms with E-state index < -0.39 is 11.3 Å². The van der Waals surface area contributed by atoms with Gasteiger partial charge in [0.15, 0.2) is 0 Å². The summed E-state index contributed by atoms with van der Waals surface area (Å²) in [7, 11) is 0. The number of ether oxygens (including phenoxy) is 1. The molecular formula is C25H27N6O3S-. The maximum absolute atomic E-state index is 10.8. The highest BCUT2D eigenvalue weighted by atomic mass is 32.2. The average molecular weight is 492 g/mol. The summed E-state index contributed by atoms with van der Waals surface area (Å²) in [5.74, 6) is 0.480. The van der Waals surface area contributed by atoms with E-state index >= 15 is 0 Å². The van der Waals surface area contributed by atoms with Crippen LogP contribution in [0.2, 0.25) is 0 Å². The van der Waals surface area contributed by atoms with Crippen LogP contribution in [0.25, 0.3) is 16.8 Å². The van der Waals surface area contributed by atoms with E-state index in [2.05, 4.69) is 39.0 Å². The van der Waals surface area contributed by atoms with E-state index in [1.807, 2.05) is 53.0 Å². The molecule has 0 spiro atoms. The Labute approximate surface area is 206 Å². The Morgan fingerprint density at radius 2 is 2.03 bits per heavy atom. The van der Waals surface area contributed by atoms with Crippen molar-refractivity contribution in [2.24, 2.45) is 0 Å². The second-order valence-corrected chi connectivity index (χ2v) is 9.15. The van der Waals surface area contributed by atoms with Gasteiger partial charge in [0.2, 0.25) is 5.95 Å². The summed E-state index contributed by atoms with van der Waals surface area (Å²) in [6.07, 6.45) is 1.86. The molecular weight excluding hydrogens is 464 g/mol. The maximum Gasteiger partial charge on any atom is 0.245 e. The third-order valence-electron chi connectivity index (χ3n) is 6.15. The van der Waals surface area contributed by atoms with Crippen molar-refractivity contribution < 1.29 is 13.5 Å². The minimum Gasteiger partial charge on any atom is -0.760 e. The van der Waals surface area contributed by atoms with Crippen LogP contribution in [0.3, 0.4) is 0 Å². The van der Waals surface area contributed by atoms with Crippen LogP contribution >= 0.6 is 0 Å². The van der Waals surface area contributed by atoms with Gasteiger partial charge in [0.1, 0.15) is 0 Å². The summed E-state index contributed by atoms with van der Waals surface area (Å²) >= 11 is -2.30. The zero-order chi connectivity index (χ0) is 24.2. The van der Waals surface area contributed by atoms with E-state index in [1.165, 1.54) is 0 Å². The molecule has 1 fully saturated rings. The number of aromatic nitrogens is 3. The monoisotopic (exact) mass is 491 g/mol. The number of nitrogens with one attached hydrogen (secondary N) is 2. The van der Waals surface area contributed by atoms with Gasteiger partial charge in [-0.15, -0.1) is 5.10 Å². The Morgan fingerprint density at radius 1 is 1.17 bits per heavy atom. The molecule has 3 heterocycles. The lowest BCUT2D eigenvalue weighted by atomic mass is 10.1. The number of rotatable bonds is 8. The fraction of sp³-hybridized carbons (Fsp3) is 0.280. The fourth-order valence-corrected chi connectivity index (χ4v) is 4.55. The second-order valence-electron chi connectivity index (χ2n) is 8.39. The lowest BCUT2D eigenvalue weighted by Crippen LogP contribution is -2.38. The molecule has 0 radical (unpaired) electrons. The molecule has 1 saturated heterocycles. The van der Waals surface area contributed by atoms with Crippen LogP contribution in [0.15, 0.2) is 66.9 Å². The average Bonchev–Trinajstić information content (AvgIpc) is 3.31. The van der Waals surface area contributed by atoms with Gasteiger partial charge in [0, 0.05) is 42.2 Å². The summed E-state index contributed by atoms with van der Waals surface area (Å²) in [6.45, 7) is 6.08. The van der Waals surface area contributed by atoms with Gasteiger partial charge in [-0.25, -0.2) is 14.2 Å². The van der Waals surface area contributed by atoms with Crippen molar-refractivity contribution in [3.05, 3.63) is 78.0 Å². The molecule has 35 heavy (non-hydrogen) atoms. The van der Waals surface area contributed by atoms with Gasteiger partial charge in [0.05, 0.1) is 30.1 Å². The minimum atomic E-state index is -2.30. The SMILES string of the molecule is CCN1CCOC(c2ccc(Nc3ncc4ccc(-c5cccc(CNS(=O)[O-])c5)n4n3)cc2)C1. The number of nitrogens with zero attached hydrogens (tertiary/aromatic N) is 4. The number of likely N-dealkylation sites (N-methyl/N-ethyl adjacent to an activating group) is 1. The molecule has 2 N–H and O–H groups in total. The highest BCUT2D eigenvalue weighted by molar-refractivity contribution is 7.77. The molecule has 9 nitrogen and oxygen atoms in total. The molecule has 4 aromatic rings. The number of benzene rings is 2. The number of morpholine rings is 1. The Balaban J connectivity index is 1.34. The fourth-order valence-electron chi connectivity index (χ4n) is 4.26. The van der Waals surface area contributed by atoms with Crippen molar-refractivity contribution in [2.45, 2.75) is 19.6 Å². The Hall–Kier alpha value is -3.15. The molecule has 182 valence electrons. The van der Waals surface area contributed by atoms with Crippen LogP contribution in [-0.4, -0.2) is 54.5 Å². The molecule has 2 unspecified atom stereocenters. The molecule has 0 aliphatic carbocycles. The number of anilines is 2. The topological polar surface area (TPSA) is 107 Å². The highest BCUT2D eigenvalue weighted by Crippen LogP contribution is 2.26. The van der Waals surface area contributed by atoms with Crippen molar-refractivity contribution in [1.29, 1.82) is 0 Å². The van der Waals surface area contributed by atoms with E-state index in [9.17, 15) is 8.76 Å². The number of hydrogen-bond acceptors (Lipinski definition) is 7. The van der Waals surface area contributed by atoms with Crippen LogP contribution in [0, 0.1) is 0 Å². The van der Waals surface area contributed by atoms with Gasteiger partial charge in [-0.05, 0) is 48.0 Å². The standard InChI is InChI=1S/C25H28N6O3S/c1-2-30-12-13-34-24(17-30)19-6-8-21(9-7-19)28-25-26-16-22-10-11-23(31(22)29-25)20-5-3-4-18(14-20)15-27-35(32)33/h3-11,14,16,24,27H,2,12-13,15,17H2,1H3,(H,28,29)(H,32,33)/p-1. The molecule has 1 aliphatic heterocycles. The second kappa shape index (κ2) is 10.6. The van der Waals surface area contributed by atoms with Crippen molar-refractivity contribution in [1.82, 2.24) is 24.2 Å². The van der Waals surface area contributed by atoms with Gasteiger partial charge in [-0.2, -0.15) is 0 Å². The van der Waals surface area contributed by atoms with E-state index in [4.69, 9.17) is 9.84 Å². The van der Waals surface area contributed by atoms with Crippen molar-refractivity contribution in [3.63, 3.8) is 0 Å². The summed E-state index contributed by atoms with van der Waals surface area (Å²) < 4.78 is 31.8. The smallest absolute Gasteiger partial charge is 0.245 e. The molecule has 2 aromatic heterocycles. The van der Waals surface area contributed by atoms with E-state index in [0.29, 0.717) is 5.95 Å². The lowest BCUT2D eigenvalue weighted by molar-refractivity contribution is -0.0281. The van der Waals surface area contributed by atoms with Gasteiger partial charge in [-0.1, -0.05) is 37.3 Å². The van der Waals surface area contributed by atoms with E-state index in [0.717, 1.165) is 59.8 Å². The minimum absolute atomic E-state index is 0.0902. The quantitative estimate of drug-likeness (QED) is 0.364. The third kappa shape index (κ3) is 5.58. The van der Waals surface area contributed by atoms with E-state index in [-0.39, 0.29) is 12.6 Å². The summed E-state index contributed by atoms with van der Waals surface area (Å²) in [5.41, 5.74) is 5.60. The number of hydrogen-bond donors (Lipinski definition) is 2. The van der Waals surface area contributed by atoms with Gasteiger partial charge in [-0.3, -0.25) is 9.11 Å². The molecule has 10 heteroatoms. The third-order valence-corrected chi connectivity index (χ3v) is 6.53. The summed E-state index contributed by atoms with van der Waals surface area (Å²) in [4.78, 5) is 6.85. The van der Waals surface area contributed by atoms with Crippen molar-refractivity contribution in [2.75, 3.05) is 31.6 Å². The van der Waals surface area contributed by atoms with Crippen LogP contribution in [0.1, 0.15) is 24.2 Å². The first-order valence-electron chi connectivity index (χ1n) is 11.6. The zero-order valence-corrected chi connectivity index (χ0v) is 20.2. The Bertz CT molecular complexity index is 1330. The predicted molar refractivity (Wildman–Crippen MR) is 135 cm³/mol. The van der Waals surface area contributed by atoms with Crippen LogP contribution in [0.4, 0.5) is 11.6 Å². The predicted octanol–water partition coefficient (Wildman–Crippen LogP) is 3.42. The molecule has 1 aliphatic rings. The molecule has 2 atom stereocenters. The van der Waals surface area contributed by atoms with Gasteiger partial charge >= 0.3 is 0 Å². The molecule has 5 rings (SSSR count). The first-order valence-corrected chi connectivity index (χ1v) is 12.6. The Kier molecular flexibility index (Phi) is 7.16. The zero-order valence-electron chi connectivity index (χ0n) is 19.4. The largest absolute Gasteiger partial charge is 0.760 e. The first kappa shape index (κ1) is 23.6. The summed E-state index contributed by atoms with van der Waals surface area (Å²) in [6, 6.07) is 19.8. The summed E-state index contributed by atoms with van der Waals surface area (Å²) in [5, 5.41) is 7.98. The maximum atomic E-state index is 10.8. The van der Waals surface area contributed by atoms with E-state index in [1.54, 1.807) is 6.20 Å². The van der Waals surface area contributed by atoms with Crippen LogP contribution < -0.4 is 10.0 Å². The normalized spacial score (nSPS) is 17.5. The van der Waals surface area contributed by atoms with Crippen molar-refractivity contribution >= 4 is 28.4 Å². The Morgan fingerprint density at radius 3 is 2.83 bits per heavy atom. The van der Waals surface area contributed by atoms with Gasteiger partial charge in [0.25, 0.3) is 0 Å². The van der Waals surface area contributed by atoms with Crippen molar-refractivity contribution in [3.8, 4) is 11.3 Å². The molecule has 0 amide bonds. The molecule has 0 bridgehead atoms.